The molecule has 20 heavy (non-hydrogen) atoms. The van der Waals surface area contributed by atoms with Gasteiger partial charge in [0.2, 0.25) is 5.43 Å². The minimum Gasteiger partial charge on any atom is -0.287 e. The molecule has 0 bridgehead atoms. The first-order valence-electron chi connectivity index (χ1n) is 6.08. The first kappa shape index (κ1) is 12.1. The molecule has 2 heterocycles. The third-order valence-electron chi connectivity index (χ3n) is 3.08. The SMILES string of the molecule is N#Cc1ncccc1Cn1ncc(=O)c2ccccc21. The molecule has 1 aromatic carbocycles. The van der Waals surface area contributed by atoms with Gasteiger partial charge in [-0.3, -0.25) is 9.48 Å². The van der Waals surface area contributed by atoms with Crippen molar-refractivity contribution in [2.75, 3.05) is 0 Å². The van der Waals surface area contributed by atoms with E-state index in [1.807, 2.05) is 24.3 Å². The summed E-state index contributed by atoms with van der Waals surface area (Å²) in [5.41, 5.74) is 1.78. The van der Waals surface area contributed by atoms with E-state index in [9.17, 15) is 4.79 Å². The highest BCUT2D eigenvalue weighted by Crippen LogP contribution is 2.12. The van der Waals surface area contributed by atoms with E-state index in [0.717, 1.165) is 11.1 Å². The number of pyridine rings is 1. The molecule has 0 atom stereocenters. The van der Waals surface area contributed by atoms with Crippen LogP contribution in [0, 0.1) is 11.3 Å². The van der Waals surface area contributed by atoms with Crippen LogP contribution in [0.1, 0.15) is 11.3 Å². The Bertz CT molecular complexity index is 877. The van der Waals surface area contributed by atoms with Crippen LogP contribution in [0.3, 0.4) is 0 Å². The predicted octanol–water partition coefficient (Wildman–Crippen LogP) is 1.71. The van der Waals surface area contributed by atoms with Crippen molar-refractivity contribution < 1.29 is 0 Å². The van der Waals surface area contributed by atoms with E-state index >= 15 is 0 Å². The van der Waals surface area contributed by atoms with Crippen molar-refractivity contribution in [1.29, 1.82) is 5.26 Å². The summed E-state index contributed by atoms with van der Waals surface area (Å²) >= 11 is 0. The van der Waals surface area contributed by atoms with Crippen molar-refractivity contribution in [3.63, 3.8) is 0 Å². The number of aromatic nitrogens is 3. The molecular formula is C15H10N4O. The summed E-state index contributed by atoms with van der Waals surface area (Å²) in [4.78, 5) is 15.8. The van der Waals surface area contributed by atoms with Crippen LogP contribution >= 0.6 is 0 Å². The molecule has 0 aliphatic rings. The Labute approximate surface area is 114 Å². The monoisotopic (exact) mass is 262 g/mol. The second-order valence-electron chi connectivity index (χ2n) is 4.31. The van der Waals surface area contributed by atoms with Gasteiger partial charge in [0, 0.05) is 17.1 Å². The van der Waals surface area contributed by atoms with Crippen molar-refractivity contribution in [2.45, 2.75) is 6.54 Å². The number of rotatable bonds is 2. The lowest BCUT2D eigenvalue weighted by Crippen LogP contribution is -2.13. The Balaban J connectivity index is 2.15. The van der Waals surface area contributed by atoms with E-state index in [0.29, 0.717) is 17.6 Å². The largest absolute Gasteiger partial charge is 0.287 e. The summed E-state index contributed by atoms with van der Waals surface area (Å²) in [6.07, 6.45) is 2.88. The van der Waals surface area contributed by atoms with E-state index in [2.05, 4.69) is 16.2 Å². The lowest BCUT2D eigenvalue weighted by Gasteiger charge is -2.09. The molecule has 0 radical (unpaired) electrons. The molecule has 0 spiro atoms. The van der Waals surface area contributed by atoms with Crippen LogP contribution in [0.25, 0.3) is 10.9 Å². The summed E-state index contributed by atoms with van der Waals surface area (Å²) in [7, 11) is 0. The molecule has 0 saturated heterocycles. The third kappa shape index (κ3) is 2.04. The summed E-state index contributed by atoms with van der Waals surface area (Å²) in [5.74, 6) is 0. The lowest BCUT2D eigenvalue weighted by atomic mass is 10.2. The smallest absolute Gasteiger partial charge is 0.207 e. The van der Waals surface area contributed by atoms with Gasteiger partial charge in [-0.2, -0.15) is 10.4 Å². The van der Waals surface area contributed by atoms with Gasteiger partial charge in [0.05, 0.1) is 18.3 Å². The van der Waals surface area contributed by atoms with Gasteiger partial charge in [0.25, 0.3) is 0 Å². The molecule has 96 valence electrons. The molecular weight excluding hydrogens is 252 g/mol. The average Bonchev–Trinajstić information content (AvgIpc) is 2.51. The zero-order chi connectivity index (χ0) is 13.9. The van der Waals surface area contributed by atoms with E-state index in [4.69, 9.17) is 5.26 Å². The van der Waals surface area contributed by atoms with Gasteiger partial charge in [0.1, 0.15) is 11.8 Å². The number of nitrogens with zero attached hydrogens (tertiary/aromatic N) is 4. The Morgan fingerprint density at radius 3 is 2.90 bits per heavy atom. The van der Waals surface area contributed by atoms with Crippen LogP contribution in [-0.4, -0.2) is 14.8 Å². The number of hydrogen-bond donors (Lipinski definition) is 0. The quantitative estimate of drug-likeness (QED) is 0.704. The highest BCUT2D eigenvalue weighted by molar-refractivity contribution is 5.78. The van der Waals surface area contributed by atoms with Crippen LogP contribution in [0.15, 0.2) is 53.6 Å². The summed E-state index contributed by atoms with van der Waals surface area (Å²) in [6, 6.07) is 13.0. The average molecular weight is 262 g/mol. The van der Waals surface area contributed by atoms with E-state index in [1.54, 1.807) is 23.0 Å². The van der Waals surface area contributed by atoms with Gasteiger partial charge in [-0.05, 0) is 18.2 Å². The van der Waals surface area contributed by atoms with E-state index in [1.165, 1.54) is 6.20 Å². The van der Waals surface area contributed by atoms with Gasteiger partial charge in [-0.15, -0.1) is 0 Å². The minimum atomic E-state index is -0.108. The standard InChI is InChI=1S/C15H10N4O/c16-8-13-11(4-3-7-17-13)10-19-14-6-2-1-5-12(14)15(20)9-18-19/h1-7,9H,10H2. The maximum atomic E-state index is 11.8. The highest BCUT2D eigenvalue weighted by atomic mass is 16.1. The van der Waals surface area contributed by atoms with Crippen molar-refractivity contribution >= 4 is 10.9 Å². The predicted molar refractivity (Wildman–Crippen MR) is 74.1 cm³/mol. The number of hydrogen-bond acceptors (Lipinski definition) is 4. The first-order valence-corrected chi connectivity index (χ1v) is 6.08. The number of para-hydroxylation sites is 1. The van der Waals surface area contributed by atoms with Gasteiger partial charge >= 0.3 is 0 Å². The number of nitriles is 1. The summed E-state index contributed by atoms with van der Waals surface area (Å²) < 4.78 is 1.70. The molecule has 0 fully saturated rings. The molecule has 0 saturated carbocycles. The second kappa shape index (κ2) is 4.94. The maximum Gasteiger partial charge on any atom is 0.207 e. The van der Waals surface area contributed by atoms with Gasteiger partial charge in [-0.25, -0.2) is 4.98 Å². The van der Waals surface area contributed by atoms with E-state index < -0.39 is 0 Å². The van der Waals surface area contributed by atoms with Crippen LogP contribution in [0.2, 0.25) is 0 Å². The van der Waals surface area contributed by atoms with Crippen molar-refractivity contribution in [3.05, 3.63) is 70.3 Å². The number of benzene rings is 1. The zero-order valence-electron chi connectivity index (χ0n) is 10.5. The Morgan fingerprint density at radius 1 is 1.20 bits per heavy atom. The van der Waals surface area contributed by atoms with Crippen molar-refractivity contribution in [3.8, 4) is 6.07 Å². The lowest BCUT2D eigenvalue weighted by molar-refractivity contribution is 0.691. The fourth-order valence-electron chi connectivity index (χ4n) is 2.12. The van der Waals surface area contributed by atoms with Crippen LogP contribution in [0.4, 0.5) is 0 Å². The molecule has 2 aromatic heterocycles. The Hall–Kier alpha value is -3.00. The maximum absolute atomic E-state index is 11.8. The number of fused-ring (bicyclic) bond motifs is 1. The second-order valence-corrected chi connectivity index (χ2v) is 4.31. The molecule has 0 N–H and O–H groups in total. The summed E-state index contributed by atoms with van der Waals surface area (Å²) in [5, 5.41) is 13.8. The van der Waals surface area contributed by atoms with Gasteiger partial charge in [0.15, 0.2) is 0 Å². The molecule has 5 heteroatoms. The molecule has 0 aliphatic carbocycles. The minimum absolute atomic E-state index is 0.108. The highest BCUT2D eigenvalue weighted by Gasteiger charge is 2.07. The van der Waals surface area contributed by atoms with Crippen molar-refractivity contribution in [1.82, 2.24) is 14.8 Å². The molecule has 3 rings (SSSR count). The Morgan fingerprint density at radius 2 is 2.05 bits per heavy atom. The topological polar surface area (TPSA) is 71.6 Å². The third-order valence-corrected chi connectivity index (χ3v) is 3.08. The fourth-order valence-corrected chi connectivity index (χ4v) is 2.12. The molecule has 0 aliphatic heterocycles. The first-order chi connectivity index (χ1) is 9.79. The fraction of sp³-hybridized carbons (Fsp3) is 0.0667. The van der Waals surface area contributed by atoms with Gasteiger partial charge < -0.3 is 0 Å². The normalized spacial score (nSPS) is 10.3. The van der Waals surface area contributed by atoms with E-state index in [-0.39, 0.29) is 5.43 Å². The van der Waals surface area contributed by atoms with Gasteiger partial charge in [-0.1, -0.05) is 18.2 Å². The molecule has 0 unspecified atom stereocenters. The van der Waals surface area contributed by atoms with Crippen LogP contribution in [0.5, 0.6) is 0 Å². The van der Waals surface area contributed by atoms with Crippen LogP contribution in [-0.2, 0) is 6.54 Å². The zero-order valence-corrected chi connectivity index (χ0v) is 10.5. The van der Waals surface area contributed by atoms with Crippen LogP contribution < -0.4 is 5.43 Å². The Kier molecular flexibility index (Phi) is 2.98. The summed E-state index contributed by atoms with van der Waals surface area (Å²) in [6.45, 7) is 0.400. The molecule has 5 nitrogen and oxygen atoms in total. The molecule has 0 amide bonds. The molecule has 3 aromatic rings. The van der Waals surface area contributed by atoms with Crippen molar-refractivity contribution in [2.24, 2.45) is 0 Å².